The van der Waals surface area contributed by atoms with Crippen LogP contribution in [0.3, 0.4) is 0 Å². The van der Waals surface area contributed by atoms with E-state index in [4.69, 9.17) is 18.5 Å². The van der Waals surface area contributed by atoms with Crippen LogP contribution in [0.25, 0.3) is 0 Å². The Hall–Kier alpha value is -2.15. The molecule has 1 aliphatic heterocycles. The number of hydrogen-bond donors (Lipinski definition) is 0. The van der Waals surface area contributed by atoms with Gasteiger partial charge in [0.15, 0.2) is 5.16 Å². The van der Waals surface area contributed by atoms with Crippen molar-refractivity contribution in [3.8, 4) is 0 Å². The number of benzene rings is 1. The average molecular weight is 409 g/mol. The minimum Gasteiger partial charge on any atom is -0.468 e. The van der Waals surface area contributed by atoms with E-state index in [-0.39, 0.29) is 13.0 Å². The first-order chi connectivity index (χ1) is 13.4. The topological polar surface area (TPSA) is 91.4 Å². The third kappa shape index (κ3) is 3.05. The molecule has 1 fully saturated rings. The van der Waals surface area contributed by atoms with Gasteiger partial charge in [0.25, 0.3) is 0 Å². The summed E-state index contributed by atoms with van der Waals surface area (Å²) in [6.07, 6.45) is 3.53. The Bertz CT molecular complexity index is 804. The van der Waals surface area contributed by atoms with E-state index in [9.17, 15) is 14.2 Å². The fraction of sp³-hybridized carbons (Fsp3) is 0.474. The van der Waals surface area contributed by atoms with Crippen molar-refractivity contribution in [2.45, 2.75) is 30.1 Å². The summed E-state index contributed by atoms with van der Waals surface area (Å²) in [5.41, 5.74) is 0.843. The summed E-state index contributed by atoms with van der Waals surface area (Å²) in [7, 11) is -0.327. The highest BCUT2D eigenvalue weighted by molar-refractivity contribution is 7.57. The molecule has 152 valence electrons. The molecule has 0 aromatic heterocycles. The van der Waals surface area contributed by atoms with Crippen LogP contribution in [0.5, 0.6) is 0 Å². The van der Waals surface area contributed by atoms with Crippen molar-refractivity contribution in [3.63, 3.8) is 0 Å². The number of carbonyl (C=O) groups excluding carboxylic acids is 2. The third-order valence-electron chi connectivity index (χ3n) is 5.40. The van der Waals surface area contributed by atoms with Gasteiger partial charge in [0, 0.05) is 14.2 Å². The lowest BCUT2D eigenvalue weighted by molar-refractivity contribution is -0.146. The Morgan fingerprint density at radius 2 is 1.89 bits per heavy atom. The maximum atomic E-state index is 13.6. The molecule has 1 aliphatic carbocycles. The molecule has 3 unspecified atom stereocenters. The Kier molecular flexibility index (Phi) is 5.93. The number of amides is 1. The Labute approximate surface area is 163 Å². The predicted molar refractivity (Wildman–Crippen MR) is 101 cm³/mol. The van der Waals surface area contributed by atoms with E-state index in [0.29, 0.717) is 6.42 Å². The summed E-state index contributed by atoms with van der Waals surface area (Å²) in [6, 6.07) is 7.96. The molecule has 2 aliphatic rings. The van der Waals surface area contributed by atoms with Crippen molar-refractivity contribution in [1.82, 2.24) is 4.90 Å². The predicted octanol–water partition coefficient (Wildman–Crippen LogP) is 3.30. The summed E-state index contributed by atoms with van der Waals surface area (Å²) >= 11 is 0. The van der Waals surface area contributed by atoms with Crippen LogP contribution >= 0.6 is 7.60 Å². The molecular weight excluding hydrogens is 385 g/mol. The standard InChI is InChI=1S/C19H24NO7P/c1-24-17(21)19(28(23,25-2)26-3)12-8-7-11-16(19)20-15(13-27-18(20)22)14-9-5-4-6-10-14/h4-7,9-11,15-16H,8,12-13H2,1-3H3. The summed E-state index contributed by atoms with van der Waals surface area (Å²) in [4.78, 5) is 27.1. The van der Waals surface area contributed by atoms with Gasteiger partial charge in [0.05, 0.1) is 19.2 Å². The molecule has 0 N–H and O–H groups in total. The minimum absolute atomic E-state index is 0.120. The number of cyclic esters (lactones) is 1. The van der Waals surface area contributed by atoms with Gasteiger partial charge in [-0.1, -0.05) is 42.5 Å². The van der Waals surface area contributed by atoms with Crippen molar-refractivity contribution in [1.29, 1.82) is 0 Å². The van der Waals surface area contributed by atoms with Crippen LogP contribution < -0.4 is 0 Å². The molecule has 1 saturated heterocycles. The van der Waals surface area contributed by atoms with Crippen LogP contribution in [-0.2, 0) is 27.9 Å². The van der Waals surface area contributed by atoms with E-state index >= 15 is 0 Å². The minimum atomic E-state index is -3.99. The SMILES string of the molecule is COC(=O)C1(P(=O)(OC)OC)CCC=CC1N1C(=O)OCC1c1ccccc1. The van der Waals surface area contributed by atoms with E-state index in [2.05, 4.69) is 0 Å². The fourth-order valence-corrected chi connectivity index (χ4v) is 6.09. The second kappa shape index (κ2) is 8.07. The second-order valence-corrected chi connectivity index (χ2v) is 9.12. The fourth-order valence-electron chi connectivity index (χ4n) is 4.04. The van der Waals surface area contributed by atoms with E-state index < -0.39 is 36.9 Å². The number of hydrogen-bond acceptors (Lipinski definition) is 7. The van der Waals surface area contributed by atoms with Gasteiger partial charge in [-0.25, -0.2) is 4.79 Å². The summed E-state index contributed by atoms with van der Waals surface area (Å²) in [5.74, 6) is -0.750. The van der Waals surface area contributed by atoms with Crippen LogP contribution in [0.15, 0.2) is 42.5 Å². The molecule has 0 spiro atoms. The molecule has 8 nitrogen and oxygen atoms in total. The smallest absolute Gasteiger partial charge is 0.411 e. The quantitative estimate of drug-likeness (QED) is 0.404. The normalized spacial score (nSPS) is 27.5. The van der Waals surface area contributed by atoms with Crippen LogP contribution in [0, 0.1) is 0 Å². The zero-order valence-corrected chi connectivity index (χ0v) is 17.0. The number of carbonyl (C=O) groups is 2. The summed E-state index contributed by atoms with van der Waals surface area (Å²) in [6.45, 7) is 0.120. The van der Waals surface area contributed by atoms with E-state index in [1.54, 1.807) is 6.08 Å². The number of allylic oxidation sites excluding steroid dienone is 1. The molecule has 28 heavy (non-hydrogen) atoms. The van der Waals surface area contributed by atoms with Gasteiger partial charge < -0.3 is 18.5 Å². The highest BCUT2D eigenvalue weighted by atomic mass is 31.2. The molecule has 3 atom stereocenters. The molecule has 1 aromatic rings. The third-order valence-corrected chi connectivity index (χ3v) is 8.01. The largest absolute Gasteiger partial charge is 0.468 e. The van der Waals surface area contributed by atoms with Gasteiger partial charge in [-0.2, -0.15) is 0 Å². The number of ether oxygens (including phenoxy) is 2. The van der Waals surface area contributed by atoms with Gasteiger partial charge in [-0.05, 0) is 18.4 Å². The lowest BCUT2D eigenvalue weighted by atomic mass is 9.86. The Balaban J connectivity index is 2.16. The van der Waals surface area contributed by atoms with Crippen molar-refractivity contribution >= 4 is 19.7 Å². The number of nitrogens with zero attached hydrogens (tertiary/aromatic N) is 1. The van der Waals surface area contributed by atoms with Gasteiger partial charge in [-0.15, -0.1) is 0 Å². The van der Waals surface area contributed by atoms with E-state index in [1.165, 1.54) is 26.2 Å². The van der Waals surface area contributed by atoms with Crippen molar-refractivity contribution in [3.05, 3.63) is 48.0 Å². The van der Waals surface area contributed by atoms with Crippen molar-refractivity contribution in [2.24, 2.45) is 0 Å². The van der Waals surface area contributed by atoms with Gasteiger partial charge >= 0.3 is 19.7 Å². The van der Waals surface area contributed by atoms with Crippen LogP contribution in [0.1, 0.15) is 24.4 Å². The molecule has 0 bridgehead atoms. The number of rotatable bonds is 6. The zero-order chi connectivity index (χ0) is 20.4. The maximum Gasteiger partial charge on any atom is 0.411 e. The van der Waals surface area contributed by atoms with Gasteiger partial charge in [0.2, 0.25) is 0 Å². The van der Waals surface area contributed by atoms with Crippen LogP contribution in [-0.4, -0.2) is 56.1 Å². The van der Waals surface area contributed by atoms with Crippen LogP contribution in [0.2, 0.25) is 0 Å². The number of esters is 1. The summed E-state index contributed by atoms with van der Waals surface area (Å²) in [5, 5.41) is -1.70. The molecule has 1 heterocycles. The average Bonchev–Trinajstić information content (AvgIpc) is 3.14. The Morgan fingerprint density at radius 3 is 2.50 bits per heavy atom. The van der Waals surface area contributed by atoms with Crippen molar-refractivity contribution in [2.75, 3.05) is 27.9 Å². The molecule has 9 heteroatoms. The van der Waals surface area contributed by atoms with Gasteiger partial charge in [-0.3, -0.25) is 14.3 Å². The first kappa shape index (κ1) is 20.6. The molecular formula is C19H24NO7P. The molecule has 3 rings (SSSR count). The number of methoxy groups -OCH3 is 1. The summed E-state index contributed by atoms with van der Waals surface area (Å²) < 4.78 is 34.4. The second-order valence-electron chi connectivity index (χ2n) is 6.60. The lowest BCUT2D eigenvalue weighted by Crippen LogP contribution is -2.58. The monoisotopic (exact) mass is 409 g/mol. The highest BCUT2D eigenvalue weighted by Crippen LogP contribution is 2.65. The van der Waals surface area contributed by atoms with E-state index in [1.807, 2.05) is 36.4 Å². The molecule has 1 aromatic carbocycles. The van der Waals surface area contributed by atoms with Crippen LogP contribution in [0.4, 0.5) is 4.79 Å². The lowest BCUT2D eigenvalue weighted by Gasteiger charge is -2.45. The van der Waals surface area contributed by atoms with E-state index in [0.717, 1.165) is 5.56 Å². The molecule has 0 saturated carbocycles. The zero-order valence-electron chi connectivity index (χ0n) is 16.1. The highest BCUT2D eigenvalue weighted by Gasteiger charge is 2.65. The first-order valence-corrected chi connectivity index (χ1v) is 10.5. The maximum absolute atomic E-state index is 13.6. The van der Waals surface area contributed by atoms with Crippen molar-refractivity contribution < 1.29 is 32.7 Å². The molecule has 1 amide bonds. The molecule has 0 radical (unpaired) electrons. The Morgan fingerprint density at radius 1 is 1.21 bits per heavy atom. The van der Waals surface area contributed by atoms with Gasteiger partial charge in [0.1, 0.15) is 6.61 Å². The first-order valence-electron chi connectivity index (χ1n) is 8.92.